The van der Waals surface area contributed by atoms with Gasteiger partial charge in [0.1, 0.15) is 23.3 Å². The molecular formula is C34H33NO12. The Labute approximate surface area is 269 Å². The van der Waals surface area contributed by atoms with Crippen LogP contribution in [0.3, 0.4) is 0 Å². The summed E-state index contributed by atoms with van der Waals surface area (Å²) in [6.45, 7) is 3.55. The molecule has 47 heavy (non-hydrogen) atoms. The fourth-order valence-electron chi connectivity index (χ4n) is 5.87. The lowest BCUT2D eigenvalue weighted by Crippen LogP contribution is -2.62. The minimum Gasteiger partial charge on any atom is -0.497 e. The quantitative estimate of drug-likeness (QED) is 0.189. The molecule has 4 aromatic rings. The predicted octanol–water partition coefficient (Wildman–Crippen LogP) is 5.17. The van der Waals surface area contributed by atoms with Gasteiger partial charge in [-0.3, -0.25) is 4.79 Å². The number of hydrogen-bond donors (Lipinski definition) is 1. The van der Waals surface area contributed by atoms with E-state index in [1.54, 1.807) is 51.3 Å². The van der Waals surface area contributed by atoms with Gasteiger partial charge in [0.25, 0.3) is 5.91 Å². The van der Waals surface area contributed by atoms with E-state index in [0.29, 0.717) is 22.4 Å². The Morgan fingerprint density at radius 2 is 1.62 bits per heavy atom. The molecule has 1 amide bonds. The number of hydrogen-bond acceptors (Lipinski definition) is 12. The summed E-state index contributed by atoms with van der Waals surface area (Å²) in [4.78, 5) is 38.5. The van der Waals surface area contributed by atoms with Gasteiger partial charge in [-0.1, -0.05) is 12.1 Å². The van der Waals surface area contributed by atoms with Gasteiger partial charge in [0.05, 0.1) is 26.9 Å². The molecule has 0 unspecified atom stereocenters. The third-order valence-corrected chi connectivity index (χ3v) is 8.07. The predicted molar refractivity (Wildman–Crippen MR) is 167 cm³/mol. The standard InChI is InChI=1S/C34H33NO12/c1-34(2)29(42-6)27-28(46-33(38)45-27)32(47-34)43-24-13-10-18-16-22(31(37)44-25(18)26(24)41-5)35-30(36)19-11-12-23(40-4)21(15-19)17-8-7-9-20(14-17)39-3/h7-16,27-29,32H,1-6H3,(H,35,36)/t27-,28+,29+,32+/m0/s1. The van der Waals surface area contributed by atoms with Gasteiger partial charge < -0.3 is 47.6 Å². The van der Waals surface area contributed by atoms with Gasteiger partial charge in [-0.25, -0.2) is 9.59 Å². The van der Waals surface area contributed by atoms with Crippen LogP contribution in [0.15, 0.2) is 69.9 Å². The van der Waals surface area contributed by atoms with Crippen LogP contribution >= 0.6 is 0 Å². The zero-order valence-electron chi connectivity index (χ0n) is 26.5. The van der Waals surface area contributed by atoms with E-state index in [4.69, 9.17) is 42.3 Å². The molecule has 0 radical (unpaired) electrons. The topological polar surface area (TPSA) is 150 Å². The maximum atomic E-state index is 13.3. The van der Waals surface area contributed by atoms with Gasteiger partial charge in [0.15, 0.2) is 17.4 Å². The second-order valence-corrected chi connectivity index (χ2v) is 11.3. The van der Waals surface area contributed by atoms with Crippen LogP contribution in [0, 0.1) is 0 Å². The van der Waals surface area contributed by atoms with E-state index in [2.05, 4.69) is 5.32 Å². The highest BCUT2D eigenvalue weighted by Gasteiger charge is 2.59. The monoisotopic (exact) mass is 647 g/mol. The summed E-state index contributed by atoms with van der Waals surface area (Å²) in [5.74, 6) is 0.908. The van der Waals surface area contributed by atoms with Gasteiger partial charge in [0.2, 0.25) is 18.1 Å². The van der Waals surface area contributed by atoms with E-state index >= 15 is 0 Å². The van der Waals surface area contributed by atoms with E-state index < -0.39 is 47.9 Å². The first kappa shape index (κ1) is 31.7. The number of amides is 1. The zero-order valence-corrected chi connectivity index (χ0v) is 26.5. The number of ether oxygens (including phenoxy) is 8. The highest BCUT2D eigenvalue weighted by atomic mass is 16.8. The van der Waals surface area contributed by atoms with Crippen LogP contribution in [0.1, 0.15) is 24.2 Å². The molecule has 0 spiro atoms. The van der Waals surface area contributed by atoms with Gasteiger partial charge in [-0.2, -0.15) is 0 Å². The minimum absolute atomic E-state index is 0.0683. The van der Waals surface area contributed by atoms with Crippen LogP contribution in [-0.4, -0.2) is 70.7 Å². The van der Waals surface area contributed by atoms with Gasteiger partial charge in [-0.15, -0.1) is 0 Å². The van der Waals surface area contributed by atoms with Crippen LogP contribution in [-0.2, 0) is 18.9 Å². The highest BCUT2D eigenvalue weighted by Crippen LogP contribution is 2.42. The van der Waals surface area contributed by atoms with Crippen molar-refractivity contribution in [1.82, 2.24) is 0 Å². The number of fused-ring (bicyclic) bond motifs is 2. The maximum Gasteiger partial charge on any atom is 0.509 e. The Balaban J connectivity index is 1.28. The maximum absolute atomic E-state index is 13.3. The van der Waals surface area contributed by atoms with E-state index in [0.717, 1.165) is 5.56 Å². The first-order valence-corrected chi connectivity index (χ1v) is 14.6. The summed E-state index contributed by atoms with van der Waals surface area (Å²) >= 11 is 0. The fraction of sp³-hybridized carbons (Fsp3) is 0.324. The number of carbonyl (C=O) groups is 2. The summed E-state index contributed by atoms with van der Waals surface area (Å²) in [7, 11) is 5.98. The molecule has 3 aromatic carbocycles. The van der Waals surface area contributed by atoms with Crippen molar-refractivity contribution in [1.29, 1.82) is 0 Å². The van der Waals surface area contributed by atoms with Crippen molar-refractivity contribution in [2.45, 2.75) is 44.1 Å². The first-order valence-electron chi connectivity index (χ1n) is 14.6. The van der Waals surface area contributed by atoms with Crippen molar-refractivity contribution >= 4 is 28.7 Å². The van der Waals surface area contributed by atoms with Crippen molar-refractivity contribution in [3.8, 4) is 34.1 Å². The third-order valence-electron chi connectivity index (χ3n) is 8.07. The minimum atomic E-state index is -1.10. The largest absolute Gasteiger partial charge is 0.509 e. The molecule has 1 aromatic heterocycles. The van der Waals surface area contributed by atoms with Gasteiger partial charge >= 0.3 is 11.8 Å². The Kier molecular flexibility index (Phi) is 8.43. The average molecular weight is 648 g/mol. The second-order valence-electron chi connectivity index (χ2n) is 11.3. The number of anilines is 1. The summed E-state index contributed by atoms with van der Waals surface area (Å²) < 4.78 is 50.6. The van der Waals surface area contributed by atoms with Crippen LogP contribution in [0.25, 0.3) is 22.1 Å². The lowest BCUT2D eigenvalue weighted by Gasteiger charge is -2.45. The van der Waals surface area contributed by atoms with Crippen LogP contribution in [0.4, 0.5) is 10.5 Å². The van der Waals surface area contributed by atoms with Crippen molar-refractivity contribution in [3.63, 3.8) is 0 Å². The Morgan fingerprint density at radius 1 is 0.851 bits per heavy atom. The Bertz CT molecular complexity index is 1900. The second kappa shape index (κ2) is 12.5. The number of carbonyl (C=O) groups excluding carboxylic acids is 2. The van der Waals surface area contributed by atoms with Crippen LogP contribution in [0.5, 0.6) is 23.0 Å². The summed E-state index contributed by atoms with van der Waals surface area (Å²) in [6.07, 6.45) is -4.30. The fourth-order valence-corrected chi connectivity index (χ4v) is 5.87. The Morgan fingerprint density at radius 3 is 2.34 bits per heavy atom. The SMILES string of the molecule is COc1cccc(-c2cc(C(=O)Nc3cc4ccc(O[C@@H]5OC(C)(C)[C@H](OC)[C@H]6OC(=O)O[C@@H]56)c(OC)c4oc3=O)ccc2OC)c1. The van der Waals surface area contributed by atoms with E-state index in [-0.39, 0.29) is 28.3 Å². The summed E-state index contributed by atoms with van der Waals surface area (Å²) in [5.41, 5.74) is -0.0333. The van der Waals surface area contributed by atoms with Crippen molar-refractivity contribution in [3.05, 3.63) is 76.6 Å². The summed E-state index contributed by atoms with van der Waals surface area (Å²) in [6, 6.07) is 17.0. The number of nitrogens with one attached hydrogen (secondary N) is 1. The number of rotatable bonds is 9. The number of methoxy groups -OCH3 is 4. The third kappa shape index (κ3) is 5.90. The molecule has 4 atom stereocenters. The normalized spacial score (nSPS) is 21.3. The molecule has 2 aliphatic heterocycles. The molecule has 3 heterocycles. The van der Waals surface area contributed by atoms with Crippen LogP contribution < -0.4 is 29.9 Å². The van der Waals surface area contributed by atoms with Gasteiger partial charge in [-0.05, 0) is 67.9 Å². The molecule has 1 N–H and O–H groups in total. The smallest absolute Gasteiger partial charge is 0.497 e. The lowest BCUT2D eigenvalue weighted by atomic mass is 9.89. The van der Waals surface area contributed by atoms with Gasteiger partial charge in [0, 0.05) is 23.6 Å². The van der Waals surface area contributed by atoms with E-state index in [1.165, 1.54) is 27.4 Å². The van der Waals surface area contributed by atoms with E-state index in [1.807, 2.05) is 24.3 Å². The number of benzene rings is 3. The molecule has 0 saturated carbocycles. The van der Waals surface area contributed by atoms with Crippen molar-refractivity contribution < 1.29 is 51.9 Å². The Hall–Kier alpha value is -5.27. The zero-order chi connectivity index (χ0) is 33.5. The molecule has 2 saturated heterocycles. The average Bonchev–Trinajstić information content (AvgIpc) is 3.45. The molecule has 246 valence electrons. The molecule has 0 bridgehead atoms. The lowest BCUT2D eigenvalue weighted by molar-refractivity contribution is -0.283. The summed E-state index contributed by atoms with van der Waals surface area (Å²) in [5, 5.41) is 3.08. The molecule has 0 aliphatic carbocycles. The molecule has 6 rings (SSSR count). The van der Waals surface area contributed by atoms with Crippen molar-refractivity contribution in [2.24, 2.45) is 0 Å². The van der Waals surface area contributed by atoms with E-state index in [9.17, 15) is 14.4 Å². The van der Waals surface area contributed by atoms with Crippen molar-refractivity contribution in [2.75, 3.05) is 33.8 Å². The van der Waals surface area contributed by atoms with Crippen LogP contribution in [0.2, 0.25) is 0 Å². The molecular weight excluding hydrogens is 614 g/mol. The first-order chi connectivity index (χ1) is 22.6. The molecule has 13 nitrogen and oxygen atoms in total. The molecule has 13 heteroatoms. The molecule has 2 fully saturated rings. The highest BCUT2D eigenvalue weighted by molar-refractivity contribution is 6.06. The molecule has 2 aliphatic rings.